The van der Waals surface area contributed by atoms with Crippen LogP contribution < -0.4 is 0 Å². The second kappa shape index (κ2) is 7.84. The molecule has 0 aliphatic carbocycles. The van der Waals surface area contributed by atoms with Crippen molar-refractivity contribution in [2.45, 2.75) is 31.8 Å². The normalized spacial score (nSPS) is 14.1. The number of aliphatic hydroxyl groups excluding tert-OH is 1. The zero-order valence-corrected chi connectivity index (χ0v) is 10.6. The van der Waals surface area contributed by atoms with E-state index >= 15 is 0 Å². The van der Waals surface area contributed by atoms with E-state index in [1.807, 2.05) is 37.3 Å². The smallest absolute Gasteiger partial charge is 0.332 e. The summed E-state index contributed by atoms with van der Waals surface area (Å²) in [5, 5.41) is 17.7. The molecule has 2 N–H and O–H groups in total. The lowest BCUT2D eigenvalue weighted by atomic mass is 9.95. The molecule has 0 spiro atoms. The van der Waals surface area contributed by atoms with Crippen LogP contribution >= 0.6 is 0 Å². The third kappa shape index (κ3) is 4.85. The Morgan fingerprint density at radius 1 is 1.33 bits per heavy atom. The molecule has 18 heavy (non-hydrogen) atoms. The Labute approximate surface area is 107 Å². The maximum Gasteiger partial charge on any atom is 0.332 e. The lowest BCUT2D eigenvalue weighted by molar-refractivity contribution is -0.151. The molecule has 0 saturated carbocycles. The molecule has 2 unspecified atom stereocenters. The fraction of sp³-hybridized carbons (Fsp3) is 0.500. The Balaban J connectivity index is 2.52. The lowest BCUT2D eigenvalue weighted by Crippen LogP contribution is -2.26. The van der Waals surface area contributed by atoms with Crippen molar-refractivity contribution >= 4 is 5.97 Å². The summed E-state index contributed by atoms with van der Waals surface area (Å²) in [7, 11) is 0. The SMILES string of the molecule is CC(CC(OCCCO)C(=O)O)c1ccccc1. The standard InChI is InChI=1S/C14H20O4/c1-11(12-6-3-2-4-7-12)10-13(14(16)17)18-9-5-8-15/h2-4,6-7,11,13,15H,5,8-10H2,1H3,(H,16,17). The minimum absolute atomic E-state index is 0.0145. The minimum Gasteiger partial charge on any atom is -0.479 e. The van der Waals surface area contributed by atoms with Gasteiger partial charge < -0.3 is 14.9 Å². The van der Waals surface area contributed by atoms with Crippen LogP contribution in [0.3, 0.4) is 0 Å². The molecule has 0 aliphatic heterocycles. The maximum atomic E-state index is 11.1. The van der Waals surface area contributed by atoms with Gasteiger partial charge in [0.2, 0.25) is 0 Å². The number of aliphatic hydroxyl groups is 1. The van der Waals surface area contributed by atoms with E-state index in [1.54, 1.807) is 0 Å². The van der Waals surface area contributed by atoms with Gasteiger partial charge in [0.1, 0.15) is 0 Å². The van der Waals surface area contributed by atoms with Gasteiger partial charge in [0, 0.05) is 13.2 Å². The quantitative estimate of drug-likeness (QED) is 0.695. The minimum atomic E-state index is -0.948. The molecule has 1 rings (SSSR count). The van der Waals surface area contributed by atoms with Crippen LogP contribution in [-0.2, 0) is 9.53 Å². The molecular weight excluding hydrogens is 232 g/mol. The largest absolute Gasteiger partial charge is 0.479 e. The molecule has 2 atom stereocenters. The van der Waals surface area contributed by atoms with Gasteiger partial charge in [0.15, 0.2) is 6.10 Å². The van der Waals surface area contributed by atoms with Crippen molar-refractivity contribution in [1.82, 2.24) is 0 Å². The molecule has 0 amide bonds. The van der Waals surface area contributed by atoms with E-state index in [4.69, 9.17) is 14.9 Å². The summed E-state index contributed by atoms with van der Waals surface area (Å²) in [4.78, 5) is 11.1. The van der Waals surface area contributed by atoms with Gasteiger partial charge in [-0.3, -0.25) is 0 Å². The van der Waals surface area contributed by atoms with E-state index in [-0.39, 0.29) is 19.1 Å². The Bertz CT molecular complexity index is 350. The van der Waals surface area contributed by atoms with Crippen molar-refractivity contribution in [3.63, 3.8) is 0 Å². The summed E-state index contributed by atoms with van der Waals surface area (Å²) in [6.45, 7) is 2.27. The highest BCUT2D eigenvalue weighted by atomic mass is 16.5. The van der Waals surface area contributed by atoms with Crippen molar-refractivity contribution in [1.29, 1.82) is 0 Å². The Morgan fingerprint density at radius 2 is 2.00 bits per heavy atom. The van der Waals surface area contributed by atoms with E-state index in [0.29, 0.717) is 12.8 Å². The second-order valence-corrected chi connectivity index (χ2v) is 4.32. The van der Waals surface area contributed by atoms with E-state index in [0.717, 1.165) is 5.56 Å². The van der Waals surface area contributed by atoms with Crippen LogP contribution in [0.1, 0.15) is 31.2 Å². The number of rotatable bonds is 8. The molecule has 0 aromatic heterocycles. The first-order valence-corrected chi connectivity index (χ1v) is 6.15. The molecule has 0 saturated heterocycles. The topological polar surface area (TPSA) is 66.8 Å². The summed E-state index contributed by atoms with van der Waals surface area (Å²) in [5.74, 6) is -0.822. The van der Waals surface area contributed by atoms with Crippen LogP contribution in [0.4, 0.5) is 0 Å². The third-order valence-corrected chi connectivity index (χ3v) is 2.83. The Morgan fingerprint density at radius 3 is 2.56 bits per heavy atom. The molecule has 4 nitrogen and oxygen atoms in total. The molecule has 0 heterocycles. The van der Waals surface area contributed by atoms with E-state index in [1.165, 1.54) is 0 Å². The molecule has 0 fully saturated rings. The highest BCUT2D eigenvalue weighted by Crippen LogP contribution is 2.21. The lowest BCUT2D eigenvalue weighted by Gasteiger charge is -2.18. The molecule has 4 heteroatoms. The van der Waals surface area contributed by atoms with Gasteiger partial charge in [-0.1, -0.05) is 37.3 Å². The number of aliphatic carboxylic acids is 1. The first-order chi connectivity index (χ1) is 8.65. The van der Waals surface area contributed by atoms with Gasteiger partial charge in [-0.25, -0.2) is 4.79 Å². The summed E-state index contributed by atoms with van der Waals surface area (Å²) in [6, 6.07) is 9.78. The van der Waals surface area contributed by atoms with Crippen molar-refractivity contribution in [2.75, 3.05) is 13.2 Å². The van der Waals surface area contributed by atoms with Crippen LogP contribution in [0.5, 0.6) is 0 Å². The van der Waals surface area contributed by atoms with E-state index in [2.05, 4.69) is 0 Å². The van der Waals surface area contributed by atoms with Gasteiger partial charge in [-0.05, 0) is 24.3 Å². The summed E-state index contributed by atoms with van der Waals surface area (Å²) >= 11 is 0. The number of hydrogen-bond acceptors (Lipinski definition) is 3. The molecule has 100 valence electrons. The van der Waals surface area contributed by atoms with Gasteiger partial charge >= 0.3 is 5.97 Å². The molecule has 0 aliphatic rings. The highest BCUT2D eigenvalue weighted by molar-refractivity contribution is 5.72. The average Bonchev–Trinajstić information content (AvgIpc) is 2.38. The molecular formula is C14H20O4. The Hall–Kier alpha value is -1.39. The van der Waals surface area contributed by atoms with Crippen LogP contribution in [-0.4, -0.2) is 35.5 Å². The van der Waals surface area contributed by atoms with Gasteiger partial charge in [0.25, 0.3) is 0 Å². The van der Waals surface area contributed by atoms with E-state index in [9.17, 15) is 4.79 Å². The second-order valence-electron chi connectivity index (χ2n) is 4.32. The zero-order chi connectivity index (χ0) is 13.4. The number of hydrogen-bond donors (Lipinski definition) is 2. The number of carboxylic acid groups (broad SMARTS) is 1. The van der Waals surface area contributed by atoms with E-state index < -0.39 is 12.1 Å². The number of ether oxygens (including phenoxy) is 1. The van der Waals surface area contributed by atoms with Crippen molar-refractivity contribution in [3.05, 3.63) is 35.9 Å². The molecule has 1 aromatic rings. The van der Waals surface area contributed by atoms with Crippen LogP contribution in [0.15, 0.2) is 30.3 Å². The summed E-state index contributed by atoms with van der Waals surface area (Å²) in [6.07, 6.45) is 0.0839. The number of carboxylic acids is 1. The van der Waals surface area contributed by atoms with Crippen molar-refractivity contribution in [2.24, 2.45) is 0 Å². The molecule has 0 radical (unpaired) electrons. The summed E-state index contributed by atoms with van der Waals surface area (Å²) in [5.41, 5.74) is 1.11. The first kappa shape index (κ1) is 14.7. The monoisotopic (exact) mass is 252 g/mol. The number of benzene rings is 1. The van der Waals surface area contributed by atoms with Crippen LogP contribution in [0, 0.1) is 0 Å². The van der Waals surface area contributed by atoms with Crippen LogP contribution in [0.25, 0.3) is 0 Å². The van der Waals surface area contributed by atoms with Gasteiger partial charge in [-0.15, -0.1) is 0 Å². The maximum absolute atomic E-state index is 11.1. The fourth-order valence-corrected chi connectivity index (χ4v) is 1.77. The molecule has 1 aromatic carbocycles. The van der Waals surface area contributed by atoms with Crippen molar-refractivity contribution in [3.8, 4) is 0 Å². The highest BCUT2D eigenvalue weighted by Gasteiger charge is 2.21. The summed E-state index contributed by atoms with van der Waals surface area (Å²) < 4.78 is 5.28. The predicted octanol–water partition coefficient (Wildman–Crippen LogP) is 2.03. The van der Waals surface area contributed by atoms with Crippen LogP contribution in [0.2, 0.25) is 0 Å². The van der Waals surface area contributed by atoms with Gasteiger partial charge in [-0.2, -0.15) is 0 Å². The zero-order valence-electron chi connectivity index (χ0n) is 10.6. The average molecular weight is 252 g/mol. The molecule has 0 bridgehead atoms. The fourth-order valence-electron chi connectivity index (χ4n) is 1.77. The van der Waals surface area contributed by atoms with Gasteiger partial charge in [0.05, 0.1) is 0 Å². The Kier molecular flexibility index (Phi) is 6.39. The third-order valence-electron chi connectivity index (χ3n) is 2.83. The number of carbonyl (C=O) groups is 1. The predicted molar refractivity (Wildman–Crippen MR) is 68.6 cm³/mol. The van der Waals surface area contributed by atoms with Crippen molar-refractivity contribution < 1.29 is 19.7 Å². The first-order valence-electron chi connectivity index (χ1n) is 6.15.